The van der Waals surface area contributed by atoms with Crippen LogP contribution >= 0.6 is 0 Å². The molecule has 0 bridgehead atoms. The SMILES string of the molecule is COc1ccc(-c2ccc(Nc3nn(C)c4c3CN(C(C)O)CC4)cc2)cc1. The largest absolute Gasteiger partial charge is 0.497 e. The Morgan fingerprint density at radius 3 is 2.32 bits per heavy atom. The fourth-order valence-corrected chi connectivity index (χ4v) is 3.70. The van der Waals surface area contributed by atoms with Crippen LogP contribution in [0.4, 0.5) is 11.5 Å². The molecule has 1 atom stereocenters. The normalized spacial score (nSPS) is 15.1. The topological polar surface area (TPSA) is 62.5 Å². The van der Waals surface area contributed by atoms with Crippen LogP contribution in [0.15, 0.2) is 48.5 Å². The van der Waals surface area contributed by atoms with Crippen molar-refractivity contribution >= 4 is 11.5 Å². The second-order valence-electron chi connectivity index (χ2n) is 7.18. The average Bonchev–Trinajstić information content (AvgIpc) is 3.03. The van der Waals surface area contributed by atoms with Crippen molar-refractivity contribution < 1.29 is 9.84 Å². The van der Waals surface area contributed by atoms with E-state index in [9.17, 15) is 5.11 Å². The third-order valence-corrected chi connectivity index (χ3v) is 5.37. The number of ether oxygens (including phenoxy) is 1. The van der Waals surface area contributed by atoms with Gasteiger partial charge in [-0.2, -0.15) is 5.10 Å². The van der Waals surface area contributed by atoms with Gasteiger partial charge in [0.05, 0.1) is 7.11 Å². The molecule has 1 aliphatic heterocycles. The fraction of sp³-hybridized carbons (Fsp3) is 0.318. The molecule has 0 amide bonds. The molecule has 28 heavy (non-hydrogen) atoms. The van der Waals surface area contributed by atoms with Gasteiger partial charge >= 0.3 is 0 Å². The summed E-state index contributed by atoms with van der Waals surface area (Å²) in [5.41, 5.74) is 5.68. The van der Waals surface area contributed by atoms with E-state index in [1.165, 1.54) is 5.69 Å². The van der Waals surface area contributed by atoms with E-state index < -0.39 is 6.23 Å². The zero-order valence-electron chi connectivity index (χ0n) is 16.5. The summed E-state index contributed by atoms with van der Waals surface area (Å²) in [6.07, 6.45) is 0.437. The minimum Gasteiger partial charge on any atom is -0.497 e. The van der Waals surface area contributed by atoms with Gasteiger partial charge in [-0.05, 0) is 42.3 Å². The number of hydrogen-bond donors (Lipinski definition) is 2. The molecule has 146 valence electrons. The molecule has 0 aliphatic carbocycles. The number of aromatic nitrogens is 2. The first-order chi connectivity index (χ1) is 13.5. The number of methoxy groups -OCH3 is 1. The summed E-state index contributed by atoms with van der Waals surface area (Å²) < 4.78 is 7.17. The highest BCUT2D eigenvalue weighted by atomic mass is 16.5. The van der Waals surface area contributed by atoms with Gasteiger partial charge in [-0.3, -0.25) is 9.58 Å². The smallest absolute Gasteiger partial charge is 0.157 e. The first kappa shape index (κ1) is 18.5. The van der Waals surface area contributed by atoms with Crippen LogP contribution in [0.25, 0.3) is 11.1 Å². The van der Waals surface area contributed by atoms with E-state index in [1.807, 2.05) is 30.8 Å². The quantitative estimate of drug-likeness (QED) is 0.711. The van der Waals surface area contributed by atoms with Crippen LogP contribution in [-0.2, 0) is 20.0 Å². The Hall–Kier alpha value is -2.83. The molecule has 1 unspecified atom stereocenters. The molecule has 4 rings (SSSR count). The van der Waals surface area contributed by atoms with Crippen LogP contribution in [-0.4, -0.2) is 39.7 Å². The van der Waals surface area contributed by atoms with Gasteiger partial charge in [-0.1, -0.05) is 24.3 Å². The van der Waals surface area contributed by atoms with Crippen LogP contribution in [0.3, 0.4) is 0 Å². The van der Waals surface area contributed by atoms with Crippen molar-refractivity contribution in [3.8, 4) is 16.9 Å². The molecule has 2 N–H and O–H groups in total. The van der Waals surface area contributed by atoms with Crippen molar-refractivity contribution in [2.24, 2.45) is 7.05 Å². The van der Waals surface area contributed by atoms with Crippen LogP contribution < -0.4 is 10.1 Å². The minimum absolute atomic E-state index is 0.454. The zero-order chi connectivity index (χ0) is 19.7. The number of fused-ring (bicyclic) bond motifs is 1. The second-order valence-corrected chi connectivity index (χ2v) is 7.18. The number of aliphatic hydroxyl groups is 1. The number of nitrogens with one attached hydrogen (secondary N) is 1. The standard InChI is InChI=1S/C22H26N4O2/c1-15(27)26-13-12-21-20(14-26)22(24-25(21)2)23-18-8-4-16(5-9-18)17-6-10-19(28-3)11-7-17/h4-11,15,27H,12-14H2,1-3H3,(H,23,24). The van der Waals surface area contributed by atoms with E-state index in [2.05, 4.69) is 51.7 Å². The third-order valence-electron chi connectivity index (χ3n) is 5.37. The lowest BCUT2D eigenvalue weighted by Gasteiger charge is -2.29. The first-order valence-electron chi connectivity index (χ1n) is 9.53. The molecule has 0 saturated heterocycles. The lowest BCUT2D eigenvalue weighted by atomic mass is 10.0. The van der Waals surface area contributed by atoms with Crippen molar-refractivity contribution in [3.63, 3.8) is 0 Å². The van der Waals surface area contributed by atoms with Gasteiger partial charge in [0.1, 0.15) is 12.0 Å². The molecule has 2 aromatic carbocycles. The first-order valence-corrected chi connectivity index (χ1v) is 9.53. The monoisotopic (exact) mass is 378 g/mol. The highest BCUT2D eigenvalue weighted by Gasteiger charge is 2.25. The Bertz CT molecular complexity index is 946. The molecule has 2 heterocycles. The highest BCUT2D eigenvalue weighted by Crippen LogP contribution is 2.30. The van der Waals surface area contributed by atoms with E-state index in [0.717, 1.165) is 46.9 Å². The van der Waals surface area contributed by atoms with Crippen LogP contribution in [0.1, 0.15) is 18.2 Å². The Morgan fingerprint density at radius 1 is 1.07 bits per heavy atom. The number of hydrogen-bond acceptors (Lipinski definition) is 5. The van der Waals surface area contributed by atoms with Crippen LogP contribution in [0, 0.1) is 0 Å². The average molecular weight is 378 g/mol. The lowest BCUT2D eigenvalue weighted by molar-refractivity contribution is 0.00889. The zero-order valence-corrected chi connectivity index (χ0v) is 16.5. The fourth-order valence-electron chi connectivity index (χ4n) is 3.70. The number of nitrogens with zero attached hydrogens (tertiary/aromatic N) is 3. The number of anilines is 2. The summed E-state index contributed by atoms with van der Waals surface area (Å²) >= 11 is 0. The van der Waals surface area contributed by atoms with Crippen LogP contribution in [0.5, 0.6) is 5.75 Å². The highest BCUT2D eigenvalue weighted by molar-refractivity contribution is 5.69. The molecule has 1 aliphatic rings. The molecular formula is C22H26N4O2. The number of aliphatic hydroxyl groups excluding tert-OH is 1. The van der Waals surface area contributed by atoms with E-state index >= 15 is 0 Å². The van der Waals surface area contributed by atoms with E-state index in [4.69, 9.17) is 4.74 Å². The van der Waals surface area contributed by atoms with E-state index in [1.54, 1.807) is 7.11 Å². The summed E-state index contributed by atoms with van der Waals surface area (Å²) in [7, 11) is 3.65. The maximum Gasteiger partial charge on any atom is 0.157 e. The van der Waals surface area contributed by atoms with Gasteiger partial charge in [0, 0.05) is 43.5 Å². The Kier molecular flexibility index (Phi) is 5.07. The van der Waals surface area contributed by atoms with Crippen molar-refractivity contribution in [1.82, 2.24) is 14.7 Å². The maximum atomic E-state index is 9.93. The predicted molar refractivity (Wildman–Crippen MR) is 111 cm³/mol. The Morgan fingerprint density at radius 2 is 1.71 bits per heavy atom. The van der Waals surface area contributed by atoms with E-state index in [-0.39, 0.29) is 0 Å². The van der Waals surface area contributed by atoms with Crippen molar-refractivity contribution in [2.45, 2.75) is 26.1 Å². The molecule has 0 fully saturated rings. The molecule has 6 nitrogen and oxygen atoms in total. The van der Waals surface area contributed by atoms with Crippen molar-refractivity contribution in [1.29, 1.82) is 0 Å². The minimum atomic E-state index is -0.454. The lowest BCUT2D eigenvalue weighted by Crippen LogP contribution is -2.37. The van der Waals surface area contributed by atoms with Gasteiger partial charge in [0.2, 0.25) is 0 Å². The summed E-state index contributed by atoms with van der Waals surface area (Å²) in [6, 6.07) is 16.4. The molecular weight excluding hydrogens is 352 g/mol. The van der Waals surface area contributed by atoms with Crippen molar-refractivity contribution in [3.05, 3.63) is 59.8 Å². The van der Waals surface area contributed by atoms with Gasteiger partial charge in [-0.25, -0.2) is 0 Å². The van der Waals surface area contributed by atoms with Gasteiger partial charge in [-0.15, -0.1) is 0 Å². The van der Waals surface area contributed by atoms with Crippen molar-refractivity contribution in [2.75, 3.05) is 19.0 Å². The van der Waals surface area contributed by atoms with E-state index in [0.29, 0.717) is 6.54 Å². The number of rotatable bonds is 5. The molecule has 0 spiro atoms. The van der Waals surface area contributed by atoms with Gasteiger partial charge < -0.3 is 15.2 Å². The summed E-state index contributed by atoms with van der Waals surface area (Å²) in [4.78, 5) is 2.06. The molecule has 0 saturated carbocycles. The Labute approximate surface area is 165 Å². The maximum absolute atomic E-state index is 9.93. The Balaban J connectivity index is 1.54. The molecule has 1 aromatic heterocycles. The molecule has 3 aromatic rings. The number of aryl methyl sites for hydroxylation is 1. The molecule has 6 heteroatoms. The molecule has 0 radical (unpaired) electrons. The summed E-state index contributed by atoms with van der Waals surface area (Å²) in [5.74, 6) is 1.72. The van der Waals surface area contributed by atoms with Gasteiger partial charge in [0.15, 0.2) is 5.82 Å². The summed E-state index contributed by atoms with van der Waals surface area (Å²) in [6.45, 7) is 3.36. The van der Waals surface area contributed by atoms with Gasteiger partial charge in [0.25, 0.3) is 0 Å². The third kappa shape index (κ3) is 3.61. The predicted octanol–water partition coefficient (Wildman–Crippen LogP) is 3.54. The second kappa shape index (κ2) is 7.66. The van der Waals surface area contributed by atoms with Crippen LogP contribution in [0.2, 0.25) is 0 Å². The number of benzene rings is 2. The summed E-state index contributed by atoms with van der Waals surface area (Å²) in [5, 5.41) is 18.0.